The Morgan fingerprint density at radius 3 is 0.750 bits per heavy atom. The molecule has 4 aliphatic rings. The molecule has 0 fully saturated rings. The van der Waals surface area contributed by atoms with E-state index < -0.39 is 0 Å². The largest absolute Gasteiger partial charge is 2.00 e. The second-order valence-corrected chi connectivity index (χ2v) is 8.23. The molecule has 0 heterocycles. The number of halogens is 2. The Morgan fingerprint density at radius 2 is 0.639 bits per heavy atom. The predicted molar refractivity (Wildman–Crippen MR) is 142 cm³/mol. The van der Waals surface area contributed by atoms with Gasteiger partial charge < -0.3 is 24.8 Å². The fraction of sp³-hybridized carbons (Fsp3) is 0.500. The van der Waals surface area contributed by atoms with Crippen LogP contribution in [0.4, 0.5) is 0 Å². The van der Waals surface area contributed by atoms with Gasteiger partial charge in [-0.05, 0) is 0 Å². The zero-order chi connectivity index (χ0) is 23.3. The monoisotopic (exact) mass is 678 g/mol. The zero-order valence-corrected chi connectivity index (χ0v) is 29.3. The molecule has 0 saturated heterocycles. The summed E-state index contributed by atoms with van der Waals surface area (Å²) >= 11 is 0. The molecule has 0 aromatic heterocycles. The van der Waals surface area contributed by atoms with Crippen LogP contribution in [0.2, 0.25) is 0 Å². The van der Waals surface area contributed by atoms with Gasteiger partial charge in [-0.1, -0.05) is 79.1 Å². The van der Waals surface area contributed by atoms with E-state index in [1.165, 1.54) is 73.7 Å². The standard InChI is InChI=1S/4C8H11.2ClH.2Zr/c4*1-2-5-8-6-3-4-7-8;;;;/h4*3,6H,2,4-5H2,1H3;2*1H;;/q4*-1;;;2*+2/p-2. The van der Waals surface area contributed by atoms with E-state index in [0.717, 1.165) is 25.7 Å². The Kier molecular flexibility index (Phi) is 37.9. The second kappa shape index (κ2) is 31.5. The maximum absolute atomic E-state index is 3.26. The third kappa shape index (κ3) is 23.4. The van der Waals surface area contributed by atoms with Crippen LogP contribution in [-0.4, -0.2) is 0 Å². The van der Waals surface area contributed by atoms with Crippen molar-refractivity contribution < 1.29 is 77.2 Å². The van der Waals surface area contributed by atoms with E-state index in [4.69, 9.17) is 0 Å². The van der Waals surface area contributed by atoms with Crippen LogP contribution in [0.15, 0.2) is 70.9 Å². The maximum atomic E-state index is 3.26. The summed E-state index contributed by atoms with van der Waals surface area (Å²) in [6, 6.07) is 0. The second-order valence-electron chi connectivity index (χ2n) is 8.23. The van der Waals surface area contributed by atoms with E-state index in [1.54, 1.807) is 0 Å². The van der Waals surface area contributed by atoms with Crippen LogP contribution in [0.3, 0.4) is 0 Å². The average Bonchev–Trinajstić information content (AvgIpc) is 3.60. The van der Waals surface area contributed by atoms with Crippen LogP contribution in [0, 0.1) is 24.3 Å². The number of hydrogen-bond acceptors (Lipinski definition) is 0. The van der Waals surface area contributed by atoms with Crippen LogP contribution in [0.5, 0.6) is 0 Å². The van der Waals surface area contributed by atoms with Gasteiger partial charge in [0.1, 0.15) is 0 Å². The van der Waals surface area contributed by atoms with Gasteiger partial charge >= 0.3 is 52.4 Å². The number of hydrogen-bond donors (Lipinski definition) is 0. The van der Waals surface area contributed by atoms with Crippen LogP contribution in [0.25, 0.3) is 0 Å². The van der Waals surface area contributed by atoms with Gasteiger partial charge in [0.25, 0.3) is 0 Å². The van der Waals surface area contributed by atoms with Crippen molar-refractivity contribution in [2.75, 3.05) is 0 Å². The molecule has 0 amide bonds. The minimum absolute atomic E-state index is 0. The van der Waals surface area contributed by atoms with Crippen molar-refractivity contribution in [2.24, 2.45) is 0 Å². The molecule has 0 saturated carbocycles. The molecule has 0 atom stereocenters. The Balaban J connectivity index is -0.000000183. The third-order valence-electron chi connectivity index (χ3n) is 5.14. The van der Waals surface area contributed by atoms with E-state index in [0.29, 0.717) is 0 Å². The van der Waals surface area contributed by atoms with Gasteiger partial charge in [-0.3, -0.25) is 24.3 Å². The Bertz CT molecular complexity index is 622. The third-order valence-corrected chi connectivity index (χ3v) is 5.14. The topological polar surface area (TPSA) is 0 Å². The molecule has 0 nitrogen and oxygen atoms in total. The summed E-state index contributed by atoms with van der Waals surface area (Å²) in [7, 11) is 0. The van der Waals surface area contributed by atoms with Crippen molar-refractivity contribution in [1.82, 2.24) is 0 Å². The van der Waals surface area contributed by atoms with Gasteiger partial charge in [-0.2, -0.15) is 24.3 Å². The summed E-state index contributed by atoms with van der Waals surface area (Å²) in [5.41, 5.74) is 5.58. The summed E-state index contributed by atoms with van der Waals surface area (Å²) in [5, 5.41) is 0. The molecule has 0 aliphatic heterocycles. The molecule has 0 unspecified atom stereocenters. The first-order valence-electron chi connectivity index (χ1n) is 12.8. The SMILES string of the molecule is CCCC1=[C-]CC=C1.CCCC1=[C-]CC=C1.CCCC1=[C-]CC=C1.CCCC1=[C-]CC=C1.[Cl-].[Cl-].[Zr+2].[Zr+2]. The summed E-state index contributed by atoms with van der Waals surface area (Å²) in [4.78, 5) is 0. The number of allylic oxidation sites excluding steroid dienone is 16. The fourth-order valence-corrected chi connectivity index (χ4v) is 3.56. The molecule has 0 spiro atoms. The Morgan fingerprint density at radius 1 is 0.444 bits per heavy atom. The minimum Gasteiger partial charge on any atom is -1.00 e. The van der Waals surface area contributed by atoms with Crippen LogP contribution in [0.1, 0.15) is 105 Å². The zero-order valence-electron chi connectivity index (χ0n) is 22.9. The molecular formula is C32H44Cl2Zr2-2. The van der Waals surface area contributed by atoms with Crippen molar-refractivity contribution in [3.63, 3.8) is 0 Å². The van der Waals surface area contributed by atoms with E-state index in [-0.39, 0.29) is 77.2 Å². The van der Waals surface area contributed by atoms with E-state index in [9.17, 15) is 0 Å². The first kappa shape index (κ1) is 43.3. The smallest absolute Gasteiger partial charge is 1.00 e. The van der Waals surface area contributed by atoms with Crippen molar-refractivity contribution in [2.45, 2.75) is 105 Å². The van der Waals surface area contributed by atoms with E-state index in [1.807, 2.05) is 0 Å². The molecule has 0 radical (unpaired) electrons. The molecule has 0 N–H and O–H groups in total. The quantitative estimate of drug-likeness (QED) is 0.341. The normalized spacial score (nSPS) is 15.0. The molecule has 0 aromatic carbocycles. The van der Waals surface area contributed by atoms with Gasteiger partial charge in [-0.15, -0.1) is 25.7 Å². The van der Waals surface area contributed by atoms with Gasteiger partial charge in [0.15, 0.2) is 0 Å². The van der Waals surface area contributed by atoms with Gasteiger partial charge in [-0.25, -0.2) is 46.6 Å². The molecule has 4 aliphatic carbocycles. The fourth-order valence-electron chi connectivity index (χ4n) is 3.56. The first-order valence-corrected chi connectivity index (χ1v) is 12.8. The predicted octanol–water partition coefficient (Wildman–Crippen LogP) is 3.91. The Hall–Kier alpha value is 0.266. The minimum atomic E-state index is 0. The summed E-state index contributed by atoms with van der Waals surface area (Å²) < 4.78 is 0. The first-order chi connectivity index (χ1) is 15.7. The van der Waals surface area contributed by atoms with Crippen LogP contribution in [-0.2, 0) is 52.4 Å². The molecule has 4 rings (SSSR count). The molecule has 0 bridgehead atoms. The average molecular weight is 682 g/mol. The van der Waals surface area contributed by atoms with Crippen LogP contribution < -0.4 is 24.8 Å². The van der Waals surface area contributed by atoms with Crippen molar-refractivity contribution in [3.8, 4) is 0 Å². The Labute approximate surface area is 274 Å². The molecule has 36 heavy (non-hydrogen) atoms. The van der Waals surface area contributed by atoms with Crippen LogP contribution >= 0.6 is 0 Å². The maximum Gasteiger partial charge on any atom is 2.00 e. The number of rotatable bonds is 8. The molecular weight excluding hydrogens is 638 g/mol. The summed E-state index contributed by atoms with van der Waals surface area (Å²) in [6.45, 7) is 8.78. The van der Waals surface area contributed by atoms with Gasteiger partial charge in [0, 0.05) is 0 Å². The summed E-state index contributed by atoms with van der Waals surface area (Å²) in [5.74, 6) is 0. The van der Waals surface area contributed by atoms with Crippen molar-refractivity contribution in [3.05, 3.63) is 95.2 Å². The van der Waals surface area contributed by atoms with E-state index >= 15 is 0 Å². The van der Waals surface area contributed by atoms with Gasteiger partial charge in [0.2, 0.25) is 0 Å². The summed E-state index contributed by atoms with van der Waals surface area (Å²) in [6.07, 6.45) is 44.3. The molecule has 0 aromatic rings. The van der Waals surface area contributed by atoms with Crippen molar-refractivity contribution >= 4 is 0 Å². The molecule has 4 heteroatoms. The van der Waals surface area contributed by atoms with Gasteiger partial charge in [0.05, 0.1) is 0 Å². The van der Waals surface area contributed by atoms with Crippen molar-refractivity contribution in [1.29, 1.82) is 0 Å². The molecule has 196 valence electrons. The van der Waals surface area contributed by atoms with E-state index in [2.05, 4.69) is 101 Å².